The van der Waals surface area contributed by atoms with Crippen molar-refractivity contribution in [3.05, 3.63) is 56.2 Å². The summed E-state index contributed by atoms with van der Waals surface area (Å²) >= 11 is 5.44. The number of thiophene rings is 1. The molecule has 1 heterocycles. The minimum absolute atomic E-state index is 0.287. The van der Waals surface area contributed by atoms with Crippen molar-refractivity contribution in [3.8, 4) is 0 Å². The second kappa shape index (κ2) is 7.22. The summed E-state index contributed by atoms with van der Waals surface area (Å²) in [7, 11) is 0. The fourth-order valence-electron chi connectivity index (χ4n) is 2.24. The summed E-state index contributed by atoms with van der Waals surface area (Å²) in [4.78, 5) is 1.35. The molecule has 0 bridgehead atoms. The first-order valence-corrected chi connectivity index (χ1v) is 8.48. The van der Waals surface area contributed by atoms with Gasteiger partial charge in [-0.3, -0.25) is 0 Å². The topological polar surface area (TPSA) is 12.0 Å². The van der Waals surface area contributed by atoms with Gasteiger partial charge in [0.1, 0.15) is 0 Å². The molecule has 0 saturated carbocycles. The van der Waals surface area contributed by atoms with Gasteiger partial charge in [0.15, 0.2) is 0 Å². The molecule has 0 spiro atoms. The van der Waals surface area contributed by atoms with E-state index in [1.165, 1.54) is 26.9 Å². The van der Waals surface area contributed by atoms with Gasteiger partial charge in [0.25, 0.3) is 0 Å². The van der Waals surface area contributed by atoms with Gasteiger partial charge in [0.05, 0.1) is 6.04 Å². The van der Waals surface area contributed by atoms with Crippen LogP contribution in [0.3, 0.4) is 0 Å². The number of benzene rings is 1. The van der Waals surface area contributed by atoms with E-state index < -0.39 is 0 Å². The molecule has 0 aliphatic heterocycles. The van der Waals surface area contributed by atoms with Crippen LogP contribution < -0.4 is 5.32 Å². The average molecular weight is 338 g/mol. The van der Waals surface area contributed by atoms with Gasteiger partial charge in [-0.05, 0) is 51.5 Å². The molecule has 1 aromatic heterocycles. The molecule has 19 heavy (non-hydrogen) atoms. The van der Waals surface area contributed by atoms with Gasteiger partial charge in [-0.15, -0.1) is 11.3 Å². The van der Waals surface area contributed by atoms with Crippen LogP contribution >= 0.6 is 27.3 Å². The highest BCUT2D eigenvalue weighted by Gasteiger charge is 2.16. The first-order valence-electron chi connectivity index (χ1n) is 6.81. The predicted octanol–water partition coefficient (Wildman–Crippen LogP) is 5.16. The quantitative estimate of drug-likeness (QED) is 0.767. The molecule has 1 aromatic carbocycles. The Kier molecular flexibility index (Phi) is 5.61. The molecule has 0 aliphatic carbocycles. The van der Waals surface area contributed by atoms with Crippen molar-refractivity contribution in [2.45, 2.75) is 32.7 Å². The van der Waals surface area contributed by atoms with Gasteiger partial charge < -0.3 is 5.32 Å². The molecule has 2 aromatic rings. The highest BCUT2D eigenvalue weighted by Crippen LogP contribution is 2.33. The maximum absolute atomic E-state index is 3.64. The fraction of sp³-hybridized carbons (Fsp3) is 0.375. The zero-order valence-corrected chi connectivity index (χ0v) is 13.9. The van der Waals surface area contributed by atoms with Crippen LogP contribution in [-0.2, 0) is 6.42 Å². The van der Waals surface area contributed by atoms with Crippen molar-refractivity contribution in [2.24, 2.45) is 0 Å². The van der Waals surface area contributed by atoms with Crippen LogP contribution in [0.5, 0.6) is 0 Å². The lowest BCUT2D eigenvalue weighted by atomic mass is 10.0. The van der Waals surface area contributed by atoms with Crippen molar-refractivity contribution >= 4 is 27.3 Å². The highest BCUT2D eigenvalue weighted by molar-refractivity contribution is 9.10. The zero-order valence-electron chi connectivity index (χ0n) is 11.4. The van der Waals surface area contributed by atoms with Crippen LogP contribution in [0.1, 0.15) is 42.3 Å². The molecule has 0 saturated heterocycles. The molecular weight excluding hydrogens is 318 g/mol. The summed E-state index contributed by atoms with van der Waals surface area (Å²) in [5, 5.41) is 5.71. The number of halogens is 1. The summed E-state index contributed by atoms with van der Waals surface area (Å²) in [5.41, 5.74) is 2.76. The van der Waals surface area contributed by atoms with Crippen molar-refractivity contribution in [1.29, 1.82) is 0 Å². The summed E-state index contributed by atoms with van der Waals surface area (Å²) in [6, 6.07) is 11.4. The number of nitrogens with one attached hydrogen (secondary N) is 1. The van der Waals surface area contributed by atoms with Crippen molar-refractivity contribution < 1.29 is 0 Å². The Morgan fingerprint density at radius 3 is 2.42 bits per heavy atom. The first-order chi connectivity index (χ1) is 9.26. The molecule has 3 heteroatoms. The van der Waals surface area contributed by atoms with Crippen LogP contribution in [0.25, 0.3) is 0 Å². The minimum Gasteiger partial charge on any atom is -0.306 e. The molecule has 1 N–H and O–H groups in total. The fourth-order valence-corrected chi connectivity index (χ4v) is 3.95. The Labute approximate surface area is 128 Å². The average Bonchev–Trinajstić information content (AvgIpc) is 2.84. The monoisotopic (exact) mass is 337 g/mol. The molecule has 0 aliphatic rings. The van der Waals surface area contributed by atoms with Gasteiger partial charge in [0.2, 0.25) is 0 Å². The Morgan fingerprint density at radius 1 is 1.16 bits per heavy atom. The molecule has 0 radical (unpaired) electrons. The third-order valence-corrected chi connectivity index (χ3v) is 5.10. The van der Waals surface area contributed by atoms with Crippen molar-refractivity contribution in [2.75, 3.05) is 6.54 Å². The number of rotatable bonds is 6. The lowest BCUT2D eigenvalue weighted by Gasteiger charge is -2.18. The summed E-state index contributed by atoms with van der Waals surface area (Å²) in [5.74, 6) is 0. The molecule has 102 valence electrons. The van der Waals surface area contributed by atoms with E-state index in [1.54, 1.807) is 11.3 Å². The van der Waals surface area contributed by atoms with E-state index in [0.29, 0.717) is 0 Å². The standard InChI is InChI=1S/C16H20BrNS/c1-3-5-12-6-8-13(9-7-12)15(18-4-2)16-14(17)10-11-19-16/h6-11,15,18H,3-5H2,1-2H3. The summed E-state index contributed by atoms with van der Waals surface area (Å²) in [6.45, 7) is 5.34. The Morgan fingerprint density at radius 2 is 1.89 bits per heavy atom. The van der Waals surface area contributed by atoms with Crippen LogP contribution in [0.15, 0.2) is 40.2 Å². The lowest BCUT2D eigenvalue weighted by Crippen LogP contribution is -2.21. The van der Waals surface area contributed by atoms with E-state index in [4.69, 9.17) is 0 Å². The maximum atomic E-state index is 3.64. The second-order valence-electron chi connectivity index (χ2n) is 4.62. The van der Waals surface area contributed by atoms with Crippen LogP contribution in [0.2, 0.25) is 0 Å². The maximum Gasteiger partial charge on any atom is 0.0682 e. The molecular formula is C16H20BrNS. The predicted molar refractivity (Wildman–Crippen MR) is 88.0 cm³/mol. The molecule has 2 rings (SSSR count). The van der Waals surface area contributed by atoms with E-state index in [2.05, 4.69) is 70.8 Å². The van der Waals surface area contributed by atoms with E-state index in [1.807, 2.05) is 0 Å². The van der Waals surface area contributed by atoms with Gasteiger partial charge in [0, 0.05) is 9.35 Å². The van der Waals surface area contributed by atoms with Crippen LogP contribution in [0, 0.1) is 0 Å². The smallest absolute Gasteiger partial charge is 0.0682 e. The molecule has 0 amide bonds. The highest BCUT2D eigenvalue weighted by atomic mass is 79.9. The number of hydrogen-bond acceptors (Lipinski definition) is 2. The van der Waals surface area contributed by atoms with E-state index in [9.17, 15) is 0 Å². The molecule has 1 atom stereocenters. The van der Waals surface area contributed by atoms with E-state index in [-0.39, 0.29) is 6.04 Å². The third-order valence-electron chi connectivity index (χ3n) is 3.17. The summed E-state index contributed by atoms with van der Waals surface area (Å²) < 4.78 is 1.20. The second-order valence-corrected chi connectivity index (χ2v) is 6.42. The largest absolute Gasteiger partial charge is 0.306 e. The van der Waals surface area contributed by atoms with Gasteiger partial charge in [-0.2, -0.15) is 0 Å². The SMILES string of the molecule is CCCc1ccc(C(NCC)c2sccc2Br)cc1. The number of aryl methyl sites for hydroxylation is 1. The summed E-state index contributed by atoms with van der Waals surface area (Å²) in [6.07, 6.45) is 2.36. The molecule has 1 unspecified atom stereocenters. The van der Waals surface area contributed by atoms with Gasteiger partial charge in [-0.25, -0.2) is 0 Å². The van der Waals surface area contributed by atoms with Crippen molar-refractivity contribution in [3.63, 3.8) is 0 Å². The van der Waals surface area contributed by atoms with Crippen molar-refractivity contribution in [1.82, 2.24) is 5.32 Å². The molecule has 1 nitrogen and oxygen atoms in total. The zero-order chi connectivity index (χ0) is 13.7. The third kappa shape index (κ3) is 3.68. The Bertz CT molecular complexity index is 504. The normalized spacial score (nSPS) is 12.6. The molecule has 0 fully saturated rings. The van der Waals surface area contributed by atoms with Gasteiger partial charge in [-0.1, -0.05) is 44.5 Å². The Balaban J connectivity index is 2.26. The Hall–Kier alpha value is -0.640. The first kappa shape index (κ1) is 14.8. The van der Waals surface area contributed by atoms with Crippen LogP contribution in [-0.4, -0.2) is 6.54 Å². The van der Waals surface area contributed by atoms with E-state index >= 15 is 0 Å². The lowest BCUT2D eigenvalue weighted by molar-refractivity contribution is 0.637. The van der Waals surface area contributed by atoms with E-state index in [0.717, 1.165) is 13.0 Å². The minimum atomic E-state index is 0.287. The van der Waals surface area contributed by atoms with Gasteiger partial charge >= 0.3 is 0 Å². The van der Waals surface area contributed by atoms with Crippen LogP contribution in [0.4, 0.5) is 0 Å². The number of hydrogen-bond donors (Lipinski definition) is 1.